The Labute approximate surface area is 185 Å². The molecule has 0 amide bonds. The lowest BCUT2D eigenvalue weighted by atomic mass is 10.1. The molecule has 4 rings (SSSR count). The summed E-state index contributed by atoms with van der Waals surface area (Å²) in [6.07, 6.45) is 0. The molecule has 0 fully saturated rings. The van der Waals surface area contributed by atoms with Gasteiger partial charge in [0.25, 0.3) is 10.7 Å². The third kappa shape index (κ3) is 3.66. The van der Waals surface area contributed by atoms with Crippen molar-refractivity contribution in [2.45, 2.75) is 20.5 Å². The van der Waals surface area contributed by atoms with E-state index in [-0.39, 0.29) is 17.2 Å². The number of aromatic nitrogens is 3. The Bertz CT molecular complexity index is 1300. The lowest BCUT2D eigenvalue weighted by molar-refractivity contribution is 0.101. The average Bonchev–Trinajstić information content (AvgIpc) is 3.26. The summed E-state index contributed by atoms with van der Waals surface area (Å²) < 4.78 is 19.1. The fraction of sp³-hybridized carbons (Fsp3) is 0.190. The molecule has 7 nitrogen and oxygen atoms in total. The fourth-order valence-corrected chi connectivity index (χ4v) is 4.08. The Morgan fingerprint density at radius 3 is 2.63 bits per heavy atom. The summed E-state index contributed by atoms with van der Waals surface area (Å²) >= 11 is 8.45. The molecule has 9 heteroatoms. The molecule has 0 saturated carbocycles. The summed E-state index contributed by atoms with van der Waals surface area (Å²) in [5.41, 5.74) is 3.32. The van der Waals surface area contributed by atoms with Gasteiger partial charge in [0.2, 0.25) is 0 Å². The first-order valence-electron chi connectivity index (χ1n) is 9.06. The van der Waals surface area contributed by atoms with Crippen molar-refractivity contribution in [3.63, 3.8) is 0 Å². The third-order valence-electron chi connectivity index (χ3n) is 4.77. The topological polar surface area (TPSA) is 82.3 Å². The number of rotatable bonds is 6. The number of aromatic amines is 1. The molecule has 0 aliphatic heterocycles. The Hall–Kier alpha value is -2.91. The number of hydrogen-bond acceptors (Lipinski definition) is 6. The van der Waals surface area contributed by atoms with Crippen LogP contribution in [0, 0.1) is 11.8 Å². The minimum Gasteiger partial charge on any atom is -0.497 e. The van der Waals surface area contributed by atoms with Gasteiger partial charge in [-0.1, -0.05) is 0 Å². The largest absolute Gasteiger partial charge is 0.497 e. The summed E-state index contributed by atoms with van der Waals surface area (Å²) in [7, 11) is 1.63. The second-order valence-electron chi connectivity index (χ2n) is 6.65. The maximum absolute atomic E-state index is 12.5. The average molecular weight is 488 g/mol. The van der Waals surface area contributed by atoms with Crippen molar-refractivity contribution in [2.24, 2.45) is 0 Å². The molecule has 0 saturated heterocycles. The number of ether oxygens (including phenoxy) is 2. The summed E-state index contributed by atoms with van der Waals surface area (Å²) in [6.45, 7) is 3.60. The van der Waals surface area contributed by atoms with Crippen LogP contribution in [0.2, 0.25) is 0 Å². The van der Waals surface area contributed by atoms with Crippen LogP contribution in [0.25, 0.3) is 16.6 Å². The monoisotopic (exact) mass is 487 g/mol. The van der Waals surface area contributed by atoms with Crippen LogP contribution in [-0.4, -0.2) is 27.7 Å². The number of Topliss-reactive ketones (excluding diaryl/α,β-unsaturated/α-hetero) is 1. The number of H-pyrrole nitrogens is 1. The lowest BCUT2D eigenvalue weighted by Crippen LogP contribution is -1.99. The zero-order valence-electron chi connectivity index (χ0n) is 16.5. The van der Waals surface area contributed by atoms with Crippen LogP contribution in [0.15, 0.2) is 45.3 Å². The molecule has 154 valence electrons. The molecular weight excluding hydrogens is 470 g/mol. The molecule has 2 aromatic carbocycles. The molecule has 2 heterocycles. The minimum absolute atomic E-state index is 0.0175. The molecule has 0 bridgehead atoms. The van der Waals surface area contributed by atoms with E-state index in [0.29, 0.717) is 17.2 Å². The van der Waals surface area contributed by atoms with E-state index >= 15 is 0 Å². The minimum atomic E-state index is -0.0175. The third-order valence-corrected chi connectivity index (χ3v) is 5.57. The molecule has 4 aromatic rings. The van der Waals surface area contributed by atoms with Gasteiger partial charge in [-0.05, 0) is 78.4 Å². The Morgan fingerprint density at radius 1 is 1.30 bits per heavy atom. The van der Waals surface area contributed by atoms with Crippen molar-refractivity contribution in [1.29, 1.82) is 0 Å². The predicted octanol–water partition coefficient (Wildman–Crippen LogP) is 5.54. The smallest absolute Gasteiger partial charge is 0.284 e. The number of nitrogens with one attached hydrogen (secondary N) is 1. The van der Waals surface area contributed by atoms with Gasteiger partial charge in [-0.3, -0.25) is 4.79 Å². The second-order valence-corrected chi connectivity index (χ2v) is 7.87. The van der Waals surface area contributed by atoms with Gasteiger partial charge in [0.15, 0.2) is 12.4 Å². The highest BCUT2D eigenvalue weighted by atomic mass is 79.9. The molecule has 0 unspecified atom stereocenters. The van der Waals surface area contributed by atoms with Crippen LogP contribution in [0.1, 0.15) is 28.9 Å². The zero-order chi connectivity index (χ0) is 21.4. The lowest BCUT2D eigenvalue weighted by Gasteiger charge is -2.11. The van der Waals surface area contributed by atoms with E-state index in [4.69, 9.17) is 26.1 Å². The van der Waals surface area contributed by atoms with Crippen molar-refractivity contribution in [2.75, 3.05) is 7.11 Å². The van der Waals surface area contributed by atoms with Crippen molar-refractivity contribution in [3.05, 3.63) is 62.9 Å². The number of methoxy groups -OCH3 is 1. The summed E-state index contributed by atoms with van der Waals surface area (Å²) in [4.78, 5) is 12.7. The van der Waals surface area contributed by atoms with E-state index < -0.39 is 0 Å². The maximum atomic E-state index is 12.5. The van der Waals surface area contributed by atoms with Gasteiger partial charge >= 0.3 is 0 Å². The number of nitrogens with zero attached hydrogens (tertiary/aromatic N) is 2. The van der Waals surface area contributed by atoms with E-state index in [2.05, 4.69) is 26.1 Å². The van der Waals surface area contributed by atoms with Crippen molar-refractivity contribution in [3.8, 4) is 17.2 Å². The van der Waals surface area contributed by atoms with Crippen molar-refractivity contribution >= 4 is 44.8 Å². The van der Waals surface area contributed by atoms with Crippen LogP contribution in [-0.2, 0) is 6.61 Å². The Balaban J connectivity index is 1.83. The second kappa shape index (κ2) is 8.08. The van der Waals surface area contributed by atoms with Gasteiger partial charge in [-0.15, -0.1) is 5.10 Å². The van der Waals surface area contributed by atoms with Gasteiger partial charge in [0, 0.05) is 22.3 Å². The first kappa shape index (κ1) is 20.4. The van der Waals surface area contributed by atoms with Crippen LogP contribution in [0.4, 0.5) is 0 Å². The Kier molecular flexibility index (Phi) is 5.48. The maximum Gasteiger partial charge on any atom is 0.284 e. The van der Waals surface area contributed by atoms with Gasteiger partial charge in [-0.2, -0.15) is 0 Å². The van der Waals surface area contributed by atoms with Gasteiger partial charge in [0.1, 0.15) is 11.5 Å². The first-order valence-corrected chi connectivity index (χ1v) is 10.3. The number of halogens is 1. The Morgan fingerprint density at radius 2 is 2.03 bits per heavy atom. The fourth-order valence-electron chi connectivity index (χ4n) is 3.50. The highest BCUT2D eigenvalue weighted by Crippen LogP contribution is 2.37. The molecule has 0 aliphatic rings. The summed E-state index contributed by atoms with van der Waals surface area (Å²) in [5, 5.41) is 7.30. The standard InChI is InChI=1S/C21H18BrN3O4S/c1-11-20(12(2)26)15-8-18(28-10-19-23-24-21(30)29-19)16(22)9-17(15)25(11)13-4-6-14(27-3)7-5-13/h4-9H,10H2,1-3H3,(H,24,30). The predicted molar refractivity (Wildman–Crippen MR) is 118 cm³/mol. The molecular formula is C21H18BrN3O4S. The van der Waals surface area contributed by atoms with Gasteiger partial charge in [0.05, 0.1) is 17.1 Å². The van der Waals surface area contributed by atoms with E-state index in [1.807, 2.05) is 47.9 Å². The normalized spacial score (nSPS) is 11.1. The molecule has 0 spiro atoms. The van der Waals surface area contributed by atoms with E-state index in [1.165, 1.54) is 0 Å². The first-order chi connectivity index (χ1) is 14.4. The number of fused-ring (bicyclic) bond motifs is 1. The van der Waals surface area contributed by atoms with E-state index in [1.54, 1.807) is 14.0 Å². The molecule has 0 atom stereocenters. The van der Waals surface area contributed by atoms with Crippen LogP contribution < -0.4 is 9.47 Å². The highest BCUT2D eigenvalue weighted by Gasteiger charge is 2.21. The molecule has 2 aromatic heterocycles. The number of carbonyl (C=O) groups excluding carboxylic acids is 1. The van der Waals surface area contributed by atoms with E-state index in [0.717, 1.165) is 32.5 Å². The van der Waals surface area contributed by atoms with Gasteiger partial charge in [-0.25, -0.2) is 5.10 Å². The van der Waals surface area contributed by atoms with Crippen molar-refractivity contribution in [1.82, 2.24) is 14.8 Å². The van der Waals surface area contributed by atoms with E-state index in [9.17, 15) is 4.79 Å². The summed E-state index contributed by atoms with van der Waals surface area (Å²) in [6, 6.07) is 11.5. The quantitative estimate of drug-likeness (QED) is 0.284. The van der Waals surface area contributed by atoms with Crippen LogP contribution in [0.3, 0.4) is 0 Å². The molecule has 0 radical (unpaired) electrons. The number of ketones is 1. The highest BCUT2D eigenvalue weighted by molar-refractivity contribution is 9.10. The molecule has 30 heavy (non-hydrogen) atoms. The molecule has 0 aliphatic carbocycles. The zero-order valence-corrected chi connectivity index (χ0v) is 18.9. The number of benzene rings is 2. The number of hydrogen-bond donors (Lipinski definition) is 1. The molecule has 1 N–H and O–H groups in total. The van der Waals surface area contributed by atoms with Gasteiger partial charge < -0.3 is 18.5 Å². The van der Waals surface area contributed by atoms with Crippen molar-refractivity contribution < 1.29 is 18.7 Å². The van der Waals surface area contributed by atoms with Crippen LogP contribution in [0.5, 0.6) is 11.5 Å². The SMILES string of the molecule is COc1ccc(-n2c(C)c(C(C)=O)c3cc(OCc4n[nH]c(=S)o4)c(Br)cc32)cc1. The summed E-state index contributed by atoms with van der Waals surface area (Å²) in [5.74, 6) is 1.66. The van der Waals surface area contributed by atoms with Crippen LogP contribution >= 0.6 is 28.1 Å². The number of carbonyl (C=O) groups is 1.